The molecule has 0 aliphatic rings. The summed E-state index contributed by atoms with van der Waals surface area (Å²) in [6.45, 7) is 1.48. The second-order valence-corrected chi connectivity index (χ2v) is 3.77. The summed E-state index contributed by atoms with van der Waals surface area (Å²) in [5.74, 6) is 1.85. The van der Waals surface area contributed by atoms with Crippen molar-refractivity contribution in [3.8, 4) is 12.3 Å². The summed E-state index contributed by atoms with van der Waals surface area (Å²) >= 11 is 0. The average Bonchev–Trinajstić information content (AvgIpc) is 2.34. The Morgan fingerprint density at radius 1 is 1.29 bits per heavy atom. The Balaban J connectivity index is 2.55. The number of rotatable bonds is 7. The molecule has 0 amide bonds. The number of hydrogen-bond donors (Lipinski definition) is 1. The minimum Gasteiger partial charge on any atom is -0.481 e. The van der Waals surface area contributed by atoms with E-state index in [1.807, 2.05) is 30.3 Å². The second-order valence-electron chi connectivity index (χ2n) is 3.77. The maximum Gasteiger partial charge on any atom is 0.303 e. The van der Waals surface area contributed by atoms with E-state index in [0.717, 1.165) is 18.8 Å². The van der Waals surface area contributed by atoms with Gasteiger partial charge in [-0.2, -0.15) is 0 Å². The molecule has 1 aromatic rings. The molecule has 1 rings (SSSR count). The van der Waals surface area contributed by atoms with Crippen molar-refractivity contribution >= 4 is 11.7 Å². The molecule has 3 nitrogen and oxygen atoms in total. The van der Waals surface area contributed by atoms with Crippen molar-refractivity contribution in [3.63, 3.8) is 0 Å². The Hall–Kier alpha value is -1.95. The minimum atomic E-state index is -0.755. The lowest BCUT2D eigenvalue weighted by Crippen LogP contribution is -2.25. The smallest absolute Gasteiger partial charge is 0.303 e. The Morgan fingerprint density at radius 2 is 2.00 bits per heavy atom. The van der Waals surface area contributed by atoms with Crippen LogP contribution in [0.4, 0.5) is 5.69 Å². The Kier molecular flexibility index (Phi) is 5.67. The zero-order valence-corrected chi connectivity index (χ0v) is 9.80. The number of aliphatic carboxylic acids is 1. The van der Waals surface area contributed by atoms with E-state index in [-0.39, 0.29) is 6.42 Å². The molecular formula is C14H17NO2. The van der Waals surface area contributed by atoms with E-state index in [4.69, 9.17) is 11.5 Å². The van der Waals surface area contributed by atoms with E-state index in [1.54, 1.807) is 0 Å². The van der Waals surface area contributed by atoms with Gasteiger partial charge in [0, 0.05) is 31.6 Å². The molecule has 0 bridgehead atoms. The van der Waals surface area contributed by atoms with Gasteiger partial charge >= 0.3 is 5.97 Å². The van der Waals surface area contributed by atoms with Crippen LogP contribution in [0.3, 0.4) is 0 Å². The highest BCUT2D eigenvalue weighted by Crippen LogP contribution is 2.14. The van der Waals surface area contributed by atoms with E-state index in [9.17, 15) is 4.79 Å². The van der Waals surface area contributed by atoms with Crippen molar-refractivity contribution in [2.24, 2.45) is 0 Å². The van der Waals surface area contributed by atoms with Gasteiger partial charge in [0.25, 0.3) is 0 Å². The van der Waals surface area contributed by atoms with Crippen LogP contribution in [0.5, 0.6) is 0 Å². The van der Waals surface area contributed by atoms with Gasteiger partial charge in [0.15, 0.2) is 0 Å². The van der Waals surface area contributed by atoms with Crippen molar-refractivity contribution in [1.82, 2.24) is 0 Å². The van der Waals surface area contributed by atoms with Gasteiger partial charge in [0.2, 0.25) is 0 Å². The number of carboxylic acids is 1. The van der Waals surface area contributed by atoms with Gasteiger partial charge in [-0.25, -0.2) is 0 Å². The SMILES string of the molecule is C#CCCN(CCCC(=O)O)c1ccccc1. The van der Waals surface area contributed by atoms with Gasteiger partial charge in [-0.3, -0.25) is 4.79 Å². The molecule has 3 heteroatoms. The highest BCUT2D eigenvalue weighted by Gasteiger charge is 2.06. The zero-order chi connectivity index (χ0) is 12.5. The van der Waals surface area contributed by atoms with E-state index >= 15 is 0 Å². The monoisotopic (exact) mass is 231 g/mol. The van der Waals surface area contributed by atoms with E-state index in [2.05, 4.69) is 10.8 Å². The van der Waals surface area contributed by atoms with Crippen molar-refractivity contribution in [2.75, 3.05) is 18.0 Å². The molecule has 0 aliphatic heterocycles. The van der Waals surface area contributed by atoms with E-state index in [0.29, 0.717) is 12.8 Å². The van der Waals surface area contributed by atoms with Crippen LogP contribution in [0.1, 0.15) is 19.3 Å². The minimum absolute atomic E-state index is 0.194. The van der Waals surface area contributed by atoms with Gasteiger partial charge in [-0.15, -0.1) is 12.3 Å². The van der Waals surface area contributed by atoms with Crippen LogP contribution in [0, 0.1) is 12.3 Å². The maximum absolute atomic E-state index is 10.5. The summed E-state index contributed by atoms with van der Waals surface area (Å²) in [5, 5.41) is 8.62. The third-order valence-electron chi connectivity index (χ3n) is 2.47. The topological polar surface area (TPSA) is 40.5 Å². The summed E-state index contributed by atoms with van der Waals surface area (Å²) in [7, 11) is 0. The Bertz CT molecular complexity index is 381. The quantitative estimate of drug-likeness (QED) is 0.732. The van der Waals surface area contributed by atoms with Crippen molar-refractivity contribution in [3.05, 3.63) is 30.3 Å². The number of anilines is 1. The number of terminal acetylenes is 1. The van der Waals surface area contributed by atoms with Crippen molar-refractivity contribution < 1.29 is 9.90 Å². The lowest BCUT2D eigenvalue weighted by atomic mass is 10.2. The molecule has 0 spiro atoms. The van der Waals surface area contributed by atoms with Crippen LogP contribution in [-0.2, 0) is 4.79 Å². The number of carboxylic acid groups (broad SMARTS) is 1. The third-order valence-corrected chi connectivity index (χ3v) is 2.47. The Labute approximate surface area is 102 Å². The van der Waals surface area contributed by atoms with Crippen LogP contribution in [-0.4, -0.2) is 24.2 Å². The normalized spacial score (nSPS) is 9.59. The van der Waals surface area contributed by atoms with Crippen LogP contribution in [0.2, 0.25) is 0 Å². The molecule has 90 valence electrons. The van der Waals surface area contributed by atoms with Gasteiger partial charge in [-0.1, -0.05) is 18.2 Å². The fraction of sp³-hybridized carbons (Fsp3) is 0.357. The standard InChI is InChI=1S/C14H17NO2/c1-2-3-11-15(12-7-10-14(16)17)13-8-5-4-6-9-13/h1,4-6,8-9H,3,7,10-12H2,(H,16,17). The van der Waals surface area contributed by atoms with Gasteiger partial charge in [-0.05, 0) is 18.6 Å². The molecule has 17 heavy (non-hydrogen) atoms. The first-order valence-electron chi connectivity index (χ1n) is 5.69. The summed E-state index contributed by atoms with van der Waals surface area (Å²) < 4.78 is 0. The largest absolute Gasteiger partial charge is 0.481 e. The molecule has 0 radical (unpaired) electrons. The second kappa shape index (κ2) is 7.34. The first kappa shape index (κ1) is 13.1. The van der Waals surface area contributed by atoms with Crippen LogP contribution in [0.15, 0.2) is 30.3 Å². The lowest BCUT2D eigenvalue weighted by molar-refractivity contribution is -0.137. The molecule has 1 N–H and O–H groups in total. The fourth-order valence-corrected chi connectivity index (χ4v) is 1.63. The van der Waals surface area contributed by atoms with Crippen LogP contribution >= 0.6 is 0 Å². The van der Waals surface area contributed by atoms with Crippen molar-refractivity contribution in [2.45, 2.75) is 19.3 Å². The van der Waals surface area contributed by atoms with Crippen LogP contribution in [0.25, 0.3) is 0 Å². The van der Waals surface area contributed by atoms with Crippen LogP contribution < -0.4 is 4.90 Å². The number of para-hydroxylation sites is 1. The molecule has 0 fully saturated rings. The summed E-state index contributed by atoms with van der Waals surface area (Å²) in [5.41, 5.74) is 1.09. The van der Waals surface area contributed by atoms with Gasteiger partial charge in [0.05, 0.1) is 0 Å². The molecule has 0 aliphatic carbocycles. The Morgan fingerprint density at radius 3 is 2.59 bits per heavy atom. The summed E-state index contributed by atoms with van der Waals surface area (Å²) in [4.78, 5) is 12.6. The predicted octanol–water partition coefficient (Wildman–Crippen LogP) is 2.38. The van der Waals surface area contributed by atoms with E-state index < -0.39 is 5.97 Å². The molecule has 0 atom stereocenters. The number of hydrogen-bond acceptors (Lipinski definition) is 2. The highest BCUT2D eigenvalue weighted by molar-refractivity contribution is 5.66. The molecule has 0 aromatic heterocycles. The fourth-order valence-electron chi connectivity index (χ4n) is 1.63. The molecule has 0 saturated heterocycles. The molecule has 1 aromatic carbocycles. The molecular weight excluding hydrogens is 214 g/mol. The summed E-state index contributed by atoms with van der Waals surface area (Å²) in [6, 6.07) is 9.92. The maximum atomic E-state index is 10.5. The number of nitrogens with zero attached hydrogens (tertiary/aromatic N) is 1. The number of carbonyl (C=O) groups is 1. The third kappa shape index (κ3) is 5.07. The summed E-state index contributed by atoms with van der Waals surface area (Å²) in [6.07, 6.45) is 6.76. The van der Waals surface area contributed by atoms with E-state index in [1.165, 1.54) is 0 Å². The molecule has 0 heterocycles. The van der Waals surface area contributed by atoms with Gasteiger partial charge < -0.3 is 10.0 Å². The van der Waals surface area contributed by atoms with Gasteiger partial charge in [0.1, 0.15) is 0 Å². The lowest BCUT2D eigenvalue weighted by Gasteiger charge is -2.23. The molecule has 0 unspecified atom stereocenters. The highest BCUT2D eigenvalue weighted by atomic mass is 16.4. The first-order chi connectivity index (χ1) is 8.24. The predicted molar refractivity (Wildman–Crippen MR) is 69.0 cm³/mol. The molecule has 0 saturated carbocycles. The first-order valence-corrected chi connectivity index (χ1v) is 5.69. The van der Waals surface area contributed by atoms with Crippen molar-refractivity contribution in [1.29, 1.82) is 0 Å². The number of benzene rings is 1. The zero-order valence-electron chi connectivity index (χ0n) is 9.80. The average molecular weight is 231 g/mol.